The van der Waals surface area contributed by atoms with Gasteiger partial charge in [0.2, 0.25) is 0 Å². The molecule has 1 heterocycles. The quantitative estimate of drug-likeness (QED) is 0.868. The zero-order chi connectivity index (χ0) is 12.3. The van der Waals surface area contributed by atoms with Crippen LogP contribution in [0, 0.1) is 5.82 Å². The molecule has 1 N–H and O–H groups in total. The Morgan fingerprint density at radius 2 is 2.06 bits per heavy atom. The minimum absolute atomic E-state index is 0.240. The van der Waals surface area contributed by atoms with Crippen molar-refractivity contribution in [3.05, 3.63) is 35.6 Å². The number of nitrogens with zero attached hydrogens (tertiary/aromatic N) is 1. The number of hydrogen-bond donors (Lipinski definition) is 1. The summed E-state index contributed by atoms with van der Waals surface area (Å²) in [5.41, 5.74) is 1.89. The fourth-order valence-electron chi connectivity index (χ4n) is 1.85. The first-order valence-corrected chi connectivity index (χ1v) is 6.07. The molecule has 0 aliphatic rings. The highest BCUT2D eigenvalue weighted by Crippen LogP contribution is 2.21. The van der Waals surface area contributed by atoms with Crippen molar-refractivity contribution in [1.82, 2.24) is 4.98 Å². The fourth-order valence-corrected chi connectivity index (χ4v) is 1.85. The third-order valence-electron chi connectivity index (χ3n) is 2.78. The molecule has 2 aromatic rings. The van der Waals surface area contributed by atoms with E-state index in [9.17, 15) is 4.39 Å². The summed E-state index contributed by atoms with van der Waals surface area (Å²) in [6.45, 7) is 5.10. The Labute approximate surface area is 101 Å². The third kappa shape index (κ3) is 2.54. The molecule has 3 heteroatoms. The summed E-state index contributed by atoms with van der Waals surface area (Å²) in [5, 5.41) is 4.28. The number of fused-ring (bicyclic) bond motifs is 1. The molecule has 0 amide bonds. The number of pyridine rings is 1. The Morgan fingerprint density at radius 3 is 2.76 bits per heavy atom. The second-order valence-corrected chi connectivity index (χ2v) is 4.11. The minimum atomic E-state index is -0.240. The summed E-state index contributed by atoms with van der Waals surface area (Å²) in [5.74, 6) is 0.642. The van der Waals surface area contributed by atoms with Crippen LogP contribution >= 0.6 is 0 Å². The van der Waals surface area contributed by atoms with E-state index in [-0.39, 0.29) is 5.82 Å². The highest BCUT2D eigenvalue weighted by molar-refractivity contribution is 5.81. The van der Waals surface area contributed by atoms with Crippen LogP contribution in [0.25, 0.3) is 10.9 Å². The Balaban J connectivity index is 2.49. The van der Waals surface area contributed by atoms with Gasteiger partial charge >= 0.3 is 0 Å². The van der Waals surface area contributed by atoms with Crippen molar-refractivity contribution in [2.24, 2.45) is 0 Å². The zero-order valence-corrected chi connectivity index (χ0v) is 10.3. The molecule has 0 aliphatic carbocycles. The van der Waals surface area contributed by atoms with E-state index in [4.69, 9.17) is 0 Å². The van der Waals surface area contributed by atoms with Crippen LogP contribution < -0.4 is 5.32 Å². The molecule has 1 aromatic heterocycles. The number of benzene rings is 1. The average Bonchev–Trinajstić information content (AvgIpc) is 2.35. The summed E-state index contributed by atoms with van der Waals surface area (Å²) in [4.78, 5) is 4.49. The first-order chi connectivity index (χ1) is 8.24. The largest absolute Gasteiger partial charge is 0.370 e. The lowest BCUT2D eigenvalue weighted by Gasteiger charge is -2.10. The maximum absolute atomic E-state index is 13.1. The van der Waals surface area contributed by atoms with Crippen molar-refractivity contribution in [1.29, 1.82) is 0 Å². The van der Waals surface area contributed by atoms with Crippen LogP contribution in [0.3, 0.4) is 0 Å². The molecule has 2 rings (SSSR count). The van der Waals surface area contributed by atoms with Crippen molar-refractivity contribution in [3.8, 4) is 0 Å². The minimum Gasteiger partial charge on any atom is -0.370 e. The molecule has 0 aliphatic heterocycles. The van der Waals surface area contributed by atoms with Crippen molar-refractivity contribution in [2.75, 3.05) is 11.9 Å². The van der Waals surface area contributed by atoms with Crippen molar-refractivity contribution < 1.29 is 4.39 Å². The molecule has 0 atom stereocenters. The number of halogens is 1. The van der Waals surface area contributed by atoms with Gasteiger partial charge in [-0.2, -0.15) is 0 Å². The molecular weight excluding hydrogens is 215 g/mol. The van der Waals surface area contributed by atoms with Crippen molar-refractivity contribution in [2.45, 2.75) is 26.7 Å². The van der Waals surface area contributed by atoms with Gasteiger partial charge in [-0.25, -0.2) is 9.37 Å². The lowest BCUT2D eigenvalue weighted by molar-refractivity contribution is 0.629. The number of aryl methyl sites for hydroxylation is 1. The van der Waals surface area contributed by atoms with Gasteiger partial charge < -0.3 is 5.32 Å². The van der Waals surface area contributed by atoms with Crippen LogP contribution in [0.1, 0.15) is 25.8 Å². The van der Waals surface area contributed by atoms with Gasteiger partial charge in [0.15, 0.2) is 0 Å². The second kappa shape index (κ2) is 5.13. The fraction of sp³-hybridized carbons (Fsp3) is 0.357. The topological polar surface area (TPSA) is 24.9 Å². The lowest BCUT2D eigenvalue weighted by atomic mass is 10.1. The number of anilines is 1. The van der Waals surface area contributed by atoms with Gasteiger partial charge in [0.25, 0.3) is 0 Å². The first-order valence-electron chi connectivity index (χ1n) is 6.07. The highest BCUT2D eigenvalue weighted by atomic mass is 19.1. The van der Waals surface area contributed by atoms with Gasteiger partial charge in [-0.1, -0.05) is 13.8 Å². The van der Waals surface area contributed by atoms with Crippen molar-refractivity contribution in [3.63, 3.8) is 0 Å². The van der Waals surface area contributed by atoms with Gasteiger partial charge in [-0.15, -0.1) is 0 Å². The first kappa shape index (κ1) is 11.8. The zero-order valence-electron chi connectivity index (χ0n) is 10.3. The molecule has 0 spiro atoms. The number of rotatable bonds is 4. The van der Waals surface area contributed by atoms with Gasteiger partial charge in [-0.3, -0.25) is 0 Å². The van der Waals surface area contributed by atoms with Crippen LogP contribution in [0.15, 0.2) is 24.3 Å². The Morgan fingerprint density at radius 1 is 1.24 bits per heavy atom. The van der Waals surface area contributed by atoms with E-state index >= 15 is 0 Å². The second-order valence-electron chi connectivity index (χ2n) is 4.11. The SMILES string of the molecule is CCCNc1nc2cc(F)ccc2cc1CC. The Hall–Kier alpha value is -1.64. The van der Waals surface area contributed by atoms with E-state index in [1.54, 1.807) is 6.07 Å². The molecule has 0 saturated carbocycles. The molecular formula is C14H17FN2. The summed E-state index contributed by atoms with van der Waals surface area (Å²) >= 11 is 0. The van der Waals surface area contributed by atoms with Crippen LogP contribution in [-0.4, -0.2) is 11.5 Å². The number of hydrogen-bond acceptors (Lipinski definition) is 2. The van der Waals surface area contributed by atoms with Crippen LogP contribution in [-0.2, 0) is 6.42 Å². The predicted molar refractivity (Wildman–Crippen MR) is 69.9 cm³/mol. The van der Waals surface area contributed by atoms with Crippen LogP contribution in [0.4, 0.5) is 10.2 Å². The van der Waals surface area contributed by atoms with Gasteiger partial charge in [-0.05, 0) is 36.6 Å². The standard InChI is InChI=1S/C14H17FN2/c1-3-7-16-14-10(4-2)8-11-5-6-12(15)9-13(11)17-14/h5-6,8-9H,3-4,7H2,1-2H3,(H,16,17). The number of nitrogens with one attached hydrogen (secondary N) is 1. The molecule has 0 radical (unpaired) electrons. The normalized spacial score (nSPS) is 10.8. The van der Waals surface area contributed by atoms with Gasteiger partial charge in [0.05, 0.1) is 5.52 Å². The highest BCUT2D eigenvalue weighted by Gasteiger charge is 2.05. The maximum atomic E-state index is 13.1. The summed E-state index contributed by atoms with van der Waals surface area (Å²) in [6.07, 6.45) is 1.97. The molecule has 0 bridgehead atoms. The van der Waals surface area contributed by atoms with E-state index in [1.807, 2.05) is 0 Å². The van der Waals surface area contributed by atoms with Crippen molar-refractivity contribution >= 4 is 16.7 Å². The third-order valence-corrected chi connectivity index (χ3v) is 2.78. The summed E-state index contributed by atoms with van der Waals surface area (Å²) in [7, 11) is 0. The van der Waals surface area contributed by atoms with Crippen LogP contribution in [0.5, 0.6) is 0 Å². The number of aromatic nitrogens is 1. The summed E-state index contributed by atoms with van der Waals surface area (Å²) in [6, 6.07) is 6.81. The lowest BCUT2D eigenvalue weighted by Crippen LogP contribution is -2.05. The van der Waals surface area contributed by atoms with E-state index < -0.39 is 0 Å². The smallest absolute Gasteiger partial charge is 0.129 e. The van der Waals surface area contributed by atoms with E-state index in [0.717, 1.165) is 30.6 Å². The average molecular weight is 232 g/mol. The van der Waals surface area contributed by atoms with E-state index in [0.29, 0.717) is 5.52 Å². The summed E-state index contributed by atoms with van der Waals surface area (Å²) < 4.78 is 13.1. The predicted octanol–water partition coefficient (Wildman–Crippen LogP) is 3.76. The Kier molecular flexibility index (Phi) is 3.57. The van der Waals surface area contributed by atoms with E-state index in [1.165, 1.54) is 17.7 Å². The van der Waals surface area contributed by atoms with E-state index in [2.05, 4.69) is 30.2 Å². The Bertz CT molecular complexity index is 523. The molecule has 0 saturated heterocycles. The molecule has 0 fully saturated rings. The van der Waals surface area contributed by atoms with Crippen LogP contribution in [0.2, 0.25) is 0 Å². The molecule has 0 unspecified atom stereocenters. The van der Waals surface area contributed by atoms with Gasteiger partial charge in [0.1, 0.15) is 11.6 Å². The monoisotopic (exact) mass is 232 g/mol. The molecule has 2 nitrogen and oxygen atoms in total. The maximum Gasteiger partial charge on any atom is 0.129 e. The van der Waals surface area contributed by atoms with Gasteiger partial charge in [0, 0.05) is 18.0 Å². The molecule has 17 heavy (non-hydrogen) atoms. The molecule has 90 valence electrons. The molecule has 1 aromatic carbocycles.